The Morgan fingerprint density at radius 3 is 1.85 bits per heavy atom. The summed E-state index contributed by atoms with van der Waals surface area (Å²) in [5.41, 5.74) is 3.36. The van der Waals surface area contributed by atoms with Crippen LogP contribution in [-0.4, -0.2) is 25.7 Å². The van der Waals surface area contributed by atoms with E-state index in [1.807, 2.05) is 25.3 Å². The van der Waals surface area contributed by atoms with E-state index >= 15 is 0 Å². The van der Waals surface area contributed by atoms with Crippen LogP contribution in [0.3, 0.4) is 0 Å². The van der Waals surface area contributed by atoms with Gasteiger partial charge in [-0.15, -0.1) is 12.4 Å². The topological polar surface area (TPSA) is 52.8 Å². The molecular weight excluding hydrogens is 369 g/mol. The molecule has 2 atom stereocenters. The van der Waals surface area contributed by atoms with Gasteiger partial charge < -0.3 is 15.5 Å². The number of rotatable bonds is 8. The van der Waals surface area contributed by atoms with Crippen molar-refractivity contribution in [2.75, 3.05) is 14.2 Å². The Balaban J connectivity index is 0.00000312. The molecular formula is C21H29Cl2NO2. The molecule has 0 aliphatic rings. The number of hydrogen-bond donors (Lipinski definition) is 1. The average molecular weight is 398 g/mol. The predicted molar refractivity (Wildman–Crippen MR) is 113 cm³/mol. The van der Waals surface area contributed by atoms with Crippen LogP contribution in [0.2, 0.25) is 0 Å². The molecule has 0 aliphatic carbocycles. The van der Waals surface area contributed by atoms with E-state index in [0.29, 0.717) is 0 Å². The lowest BCUT2D eigenvalue weighted by molar-refractivity contribution is -0.0351. The van der Waals surface area contributed by atoms with E-state index in [1.54, 1.807) is 12.6 Å². The number of nitrogens with one attached hydrogen (secondary N) is 1. The molecule has 0 amide bonds. The minimum atomic E-state index is -0.531. The summed E-state index contributed by atoms with van der Waals surface area (Å²) in [7, 11) is 3.78. The summed E-state index contributed by atoms with van der Waals surface area (Å²) in [6.45, 7) is 2.23. The minimum absolute atomic E-state index is 0. The third kappa shape index (κ3) is 5.09. The molecule has 2 unspecified atom stereocenters. The zero-order valence-corrected chi connectivity index (χ0v) is 17.1. The molecule has 2 rings (SSSR count). The van der Waals surface area contributed by atoms with Gasteiger partial charge in [-0.1, -0.05) is 85.3 Å². The summed E-state index contributed by atoms with van der Waals surface area (Å²) in [4.78, 5) is 0. The Labute approximate surface area is 168 Å². The Morgan fingerprint density at radius 1 is 1.04 bits per heavy atom. The van der Waals surface area contributed by atoms with Gasteiger partial charge in [-0.2, -0.15) is 0 Å². The van der Waals surface area contributed by atoms with E-state index in [4.69, 9.17) is 16.3 Å². The number of benzene rings is 2. The molecule has 5 heteroatoms. The lowest BCUT2D eigenvalue weighted by Gasteiger charge is -2.42. The second kappa shape index (κ2) is 12.1. The standard InChI is InChI=1S/C21H26ClNO.ClH.H2O/c1-17(20(23-2)15-10-16-22)21(24-3,18-11-6-4-7-12-18)19-13-8-5-9-14-19;;/h4-14,16-17,20,23H,15H2,1-3H3;1H;1H2/b16-10+;;. The van der Waals surface area contributed by atoms with Crippen molar-refractivity contribution in [3.05, 3.63) is 83.4 Å². The molecule has 0 spiro atoms. The highest BCUT2D eigenvalue weighted by Gasteiger charge is 2.42. The van der Waals surface area contributed by atoms with Crippen LogP contribution in [0.5, 0.6) is 0 Å². The van der Waals surface area contributed by atoms with Crippen LogP contribution in [0.15, 0.2) is 72.3 Å². The van der Waals surface area contributed by atoms with Crippen LogP contribution < -0.4 is 5.32 Å². The van der Waals surface area contributed by atoms with Gasteiger partial charge in [-0.05, 0) is 24.6 Å². The van der Waals surface area contributed by atoms with Crippen molar-refractivity contribution in [2.24, 2.45) is 5.92 Å². The molecule has 144 valence electrons. The molecule has 0 fully saturated rings. The second-order valence-corrected chi connectivity index (χ2v) is 6.21. The molecule has 3 N–H and O–H groups in total. The van der Waals surface area contributed by atoms with Crippen LogP contribution in [0.25, 0.3) is 0 Å². The molecule has 0 saturated heterocycles. The first-order valence-electron chi connectivity index (χ1n) is 8.29. The Morgan fingerprint density at radius 2 is 1.50 bits per heavy atom. The van der Waals surface area contributed by atoms with E-state index in [2.05, 4.69) is 60.8 Å². The fraction of sp³-hybridized carbons (Fsp3) is 0.333. The molecule has 0 aliphatic heterocycles. The predicted octanol–water partition coefficient (Wildman–Crippen LogP) is 4.54. The normalized spacial score (nSPS) is 13.5. The van der Waals surface area contributed by atoms with Crippen molar-refractivity contribution in [2.45, 2.75) is 25.0 Å². The van der Waals surface area contributed by atoms with Crippen LogP contribution in [-0.2, 0) is 10.3 Å². The largest absolute Gasteiger partial charge is 0.412 e. The van der Waals surface area contributed by atoms with Crippen LogP contribution in [0, 0.1) is 5.92 Å². The number of ether oxygens (including phenoxy) is 1. The van der Waals surface area contributed by atoms with Gasteiger partial charge in [0.25, 0.3) is 0 Å². The maximum atomic E-state index is 6.24. The number of methoxy groups -OCH3 is 1. The summed E-state index contributed by atoms with van der Waals surface area (Å²) >= 11 is 5.75. The fourth-order valence-electron chi connectivity index (χ4n) is 3.54. The van der Waals surface area contributed by atoms with Gasteiger partial charge in [0.2, 0.25) is 0 Å². The van der Waals surface area contributed by atoms with Crippen molar-refractivity contribution in [3.63, 3.8) is 0 Å². The lowest BCUT2D eigenvalue weighted by atomic mass is 9.73. The molecule has 2 aromatic rings. The lowest BCUT2D eigenvalue weighted by Crippen LogP contribution is -2.47. The van der Waals surface area contributed by atoms with Gasteiger partial charge in [-0.3, -0.25) is 0 Å². The molecule has 0 saturated carbocycles. The molecule has 0 radical (unpaired) electrons. The third-order valence-electron chi connectivity index (χ3n) is 4.82. The Hall–Kier alpha value is -1.36. The van der Waals surface area contributed by atoms with Crippen molar-refractivity contribution >= 4 is 24.0 Å². The molecule has 3 nitrogen and oxygen atoms in total. The van der Waals surface area contributed by atoms with Crippen molar-refractivity contribution in [1.82, 2.24) is 5.32 Å². The van der Waals surface area contributed by atoms with Gasteiger partial charge >= 0.3 is 0 Å². The molecule has 0 bridgehead atoms. The summed E-state index contributed by atoms with van der Waals surface area (Å²) in [6.07, 6.45) is 2.82. The first-order chi connectivity index (χ1) is 11.7. The zero-order valence-electron chi connectivity index (χ0n) is 15.5. The smallest absolute Gasteiger partial charge is 0.122 e. The van der Waals surface area contributed by atoms with Crippen molar-refractivity contribution in [1.29, 1.82) is 0 Å². The fourth-order valence-corrected chi connectivity index (χ4v) is 3.64. The minimum Gasteiger partial charge on any atom is -0.412 e. The maximum Gasteiger partial charge on any atom is 0.122 e. The van der Waals surface area contributed by atoms with Gasteiger partial charge in [-0.25, -0.2) is 0 Å². The monoisotopic (exact) mass is 397 g/mol. The van der Waals surface area contributed by atoms with E-state index in [-0.39, 0.29) is 29.8 Å². The van der Waals surface area contributed by atoms with Crippen LogP contribution in [0.4, 0.5) is 0 Å². The van der Waals surface area contributed by atoms with Crippen molar-refractivity contribution < 1.29 is 10.2 Å². The first-order valence-corrected chi connectivity index (χ1v) is 8.73. The summed E-state index contributed by atoms with van der Waals surface area (Å²) < 4.78 is 6.24. The van der Waals surface area contributed by atoms with Gasteiger partial charge in [0, 0.05) is 24.6 Å². The van der Waals surface area contributed by atoms with Crippen LogP contribution >= 0.6 is 24.0 Å². The highest BCUT2D eigenvalue weighted by atomic mass is 35.5. The SMILES string of the molecule is CNC(C/C=C/Cl)C(C)C(OC)(c1ccccc1)c1ccccc1.Cl.O. The van der Waals surface area contributed by atoms with E-state index in [9.17, 15) is 0 Å². The molecule has 0 heterocycles. The summed E-state index contributed by atoms with van der Waals surface area (Å²) in [6, 6.07) is 21.1. The molecule has 0 aromatic heterocycles. The summed E-state index contributed by atoms with van der Waals surface area (Å²) in [5.74, 6) is 0.185. The quantitative estimate of drug-likeness (QED) is 0.710. The third-order valence-corrected chi connectivity index (χ3v) is 5.00. The maximum absolute atomic E-state index is 6.24. The number of halogens is 2. The zero-order chi connectivity index (χ0) is 17.4. The summed E-state index contributed by atoms with van der Waals surface area (Å²) in [5, 5.41) is 3.43. The van der Waals surface area contributed by atoms with E-state index in [1.165, 1.54) is 0 Å². The highest BCUT2D eigenvalue weighted by molar-refractivity contribution is 6.25. The van der Waals surface area contributed by atoms with E-state index in [0.717, 1.165) is 17.5 Å². The Kier molecular flexibility index (Phi) is 11.5. The molecule has 2 aromatic carbocycles. The second-order valence-electron chi connectivity index (χ2n) is 5.95. The highest BCUT2D eigenvalue weighted by Crippen LogP contribution is 2.42. The molecule has 26 heavy (non-hydrogen) atoms. The van der Waals surface area contributed by atoms with Gasteiger partial charge in [0.05, 0.1) is 0 Å². The first kappa shape index (κ1) is 24.6. The van der Waals surface area contributed by atoms with E-state index < -0.39 is 5.60 Å². The van der Waals surface area contributed by atoms with Crippen molar-refractivity contribution in [3.8, 4) is 0 Å². The Bertz CT molecular complexity index is 595. The van der Waals surface area contributed by atoms with Gasteiger partial charge in [0.15, 0.2) is 0 Å². The van der Waals surface area contributed by atoms with Crippen LogP contribution in [0.1, 0.15) is 24.5 Å². The van der Waals surface area contributed by atoms with Gasteiger partial charge in [0.1, 0.15) is 5.60 Å². The number of hydrogen-bond acceptors (Lipinski definition) is 2. The average Bonchev–Trinajstić information content (AvgIpc) is 2.65.